The summed E-state index contributed by atoms with van der Waals surface area (Å²) in [6.07, 6.45) is 1.82. The largest absolute Gasteiger partial charge is 0.256 e. The molecule has 0 bridgehead atoms. The fourth-order valence-corrected chi connectivity index (χ4v) is 3.59. The topological polar surface area (TPSA) is 25.2 Å². The van der Waals surface area contributed by atoms with Gasteiger partial charge in [0.1, 0.15) is 5.01 Å². The van der Waals surface area contributed by atoms with Gasteiger partial charge in [-0.1, -0.05) is 35.9 Å². The van der Waals surface area contributed by atoms with Gasteiger partial charge in [-0.05, 0) is 54.1 Å². The third-order valence-corrected chi connectivity index (χ3v) is 4.94. The van der Waals surface area contributed by atoms with E-state index >= 15 is 0 Å². The maximum atomic E-state index is 5.98. The smallest absolute Gasteiger partial charge is 0.124 e. The Kier molecular flexibility index (Phi) is 4.11. The molecular weight excluding hydrogens is 336 g/mol. The summed E-state index contributed by atoms with van der Waals surface area (Å²) >= 11 is 7.69. The van der Waals surface area contributed by atoms with Crippen molar-refractivity contribution < 1.29 is 0 Å². The minimum absolute atomic E-state index is 0.713. The molecule has 0 atom stereocenters. The van der Waals surface area contributed by atoms with Crippen LogP contribution in [0.2, 0.25) is 5.02 Å². The van der Waals surface area contributed by atoms with E-state index in [0.29, 0.717) is 5.02 Å². The number of hydrogen-bond acceptors (Lipinski definition) is 3. The molecule has 0 saturated heterocycles. The van der Waals surface area contributed by atoms with E-state index in [1.165, 1.54) is 4.70 Å². The van der Waals surface area contributed by atoms with E-state index < -0.39 is 0 Å². The number of aliphatic imine (C=N–C) groups is 1. The number of benzene rings is 3. The van der Waals surface area contributed by atoms with Crippen LogP contribution in [0.1, 0.15) is 5.56 Å². The Morgan fingerprint density at radius 3 is 2.54 bits per heavy atom. The Bertz CT molecular complexity index is 986. The molecule has 0 aliphatic heterocycles. The van der Waals surface area contributed by atoms with Crippen molar-refractivity contribution in [3.05, 3.63) is 83.4 Å². The normalized spacial score (nSPS) is 11.4. The maximum absolute atomic E-state index is 5.98. The van der Waals surface area contributed by atoms with Crippen LogP contribution in [0.3, 0.4) is 0 Å². The Morgan fingerprint density at radius 1 is 0.917 bits per heavy atom. The van der Waals surface area contributed by atoms with Gasteiger partial charge in [0, 0.05) is 16.8 Å². The molecule has 1 heterocycles. The minimum atomic E-state index is 0.713. The maximum Gasteiger partial charge on any atom is 0.124 e. The number of nitrogens with zero attached hydrogens (tertiary/aromatic N) is 2. The quantitative estimate of drug-likeness (QED) is 0.395. The number of rotatable bonds is 3. The summed E-state index contributed by atoms with van der Waals surface area (Å²) in [5.74, 6) is 0. The van der Waals surface area contributed by atoms with Crippen LogP contribution in [-0.4, -0.2) is 11.2 Å². The van der Waals surface area contributed by atoms with Crippen LogP contribution in [0.25, 0.3) is 20.8 Å². The molecule has 3 aromatic carbocycles. The van der Waals surface area contributed by atoms with Gasteiger partial charge in [0.25, 0.3) is 0 Å². The molecule has 0 spiro atoms. The number of aromatic nitrogens is 1. The molecular formula is C20H13ClN2S. The molecule has 4 aromatic rings. The van der Waals surface area contributed by atoms with Crippen molar-refractivity contribution in [2.75, 3.05) is 0 Å². The summed E-state index contributed by atoms with van der Waals surface area (Å²) in [6.45, 7) is 0. The molecule has 116 valence electrons. The van der Waals surface area contributed by atoms with Crippen LogP contribution < -0.4 is 0 Å². The van der Waals surface area contributed by atoms with Gasteiger partial charge in [0.2, 0.25) is 0 Å². The van der Waals surface area contributed by atoms with Crippen LogP contribution in [0.15, 0.2) is 77.8 Å². The molecule has 0 saturated carbocycles. The Morgan fingerprint density at radius 2 is 1.75 bits per heavy atom. The Labute approximate surface area is 149 Å². The summed E-state index contributed by atoms with van der Waals surface area (Å²) in [5, 5.41) is 1.74. The summed E-state index contributed by atoms with van der Waals surface area (Å²) in [6, 6.07) is 23.9. The van der Waals surface area contributed by atoms with Gasteiger partial charge in [-0.25, -0.2) is 4.98 Å². The first-order valence-corrected chi connectivity index (χ1v) is 8.73. The zero-order valence-corrected chi connectivity index (χ0v) is 14.3. The predicted molar refractivity (Wildman–Crippen MR) is 104 cm³/mol. The minimum Gasteiger partial charge on any atom is -0.256 e. The van der Waals surface area contributed by atoms with Crippen molar-refractivity contribution in [2.24, 2.45) is 4.99 Å². The first-order valence-electron chi connectivity index (χ1n) is 7.54. The molecule has 2 nitrogen and oxygen atoms in total. The van der Waals surface area contributed by atoms with E-state index in [1.807, 2.05) is 60.8 Å². The van der Waals surface area contributed by atoms with Crippen molar-refractivity contribution in [1.82, 2.24) is 4.98 Å². The van der Waals surface area contributed by atoms with Crippen LogP contribution in [0.4, 0.5) is 5.69 Å². The fraction of sp³-hybridized carbons (Fsp3) is 0. The molecule has 0 N–H and O–H groups in total. The molecule has 0 radical (unpaired) electrons. The SMILES string of the molecule is Clc1cccc(C=Nc2ccc(-c3nc4ccccc4s3)cc2)c1. The Hall–Kier alpha value is -2.49. The third-order valence-electron chi connectivity index (χ3n) is 3.62. The van der Waals surface area contributed by atoms with E-state index in [0.717, 1.165) is 27.3 Å². The molecule has 0 unspecified atom stereocenters. The van der Waals surface area contributed by atoms with E-state index in [4.69, 9.17) is 11.6 Å². The second kappa shape index (κ2) is 6.56. The lowest BCUT2D eigenvalue weighted by molar-refractivity contribution is 1.46. The number of thiazole rings is 1. The summed E-state index contributed by atoms with van der Waals surface area (Å²) in [5.41, 5.74) is 4.04. The van der Waals surface area contributed by atoms with Crippen molar-refractivity contribution in [3.63, 3.8) is 0 Å². The van der Waals surface area contributed by atoms with Crippen molar-refractivity contribution in [1.29, 1.82) is 0 Å². The van der Waals surface area contributed by atoms with E-state index in [1.54, 1.807) is 11.3 Å². The standard InChI is InChI=1S/C20H13ClN2S/c21-16-5-3-4-14(12-16)13-22-17-10-8-15(9-11-17)20-23-18-6-1-2-7-19(18)24-20/h1-13H. The lowest BCUT2D eigenvalue weighted by Gasteiger charge is -1.98. The molecule has 0 amide bonds. The lowest BCUT2D eigenvalue weighted by Crippen LogP contribution is -1.80. The predicted octanol–water partition coefficient (Wildman–Crippen LogP) is 6.37. The first kappa shape index (κ1) is 15.1. The van der Waals surface area contributed by atoms with Crippen LogP contribution in [0, 0.1) is 0 Å². The van der Waals surface area contributed by atoms with Crippen molar-refractivity contribution in [3.8, 4) is 10.6 Å². The van der Waals surface area contributed by atoms with Gasteiger partial charge < -0.3 is 0 Å². The number of fused-ring (bicyclic) bond motifs is 1. The summed E-state index contributed by atoms with van der Waals surface area (Å²) in [7, 11) is 0. The zero-order chi connectivity index (χ0) is 16.4. The van der Waals surface area contributed by atoms with Crippen LogP contribution in [0.5, 0.6) is 0 Å². The summed E-state index contributed by atoms with van der Waals surface area (Å²) < 4.78 is 1.20. The van der Waals surface area contributed by atoms with Gasteiger partial charge in [0.15, 0.2) is 0 Å². The van der Waals surface area contributed by atoms with Crippen molar-refractivity contribution in [2.45, 2.75) is 0 Å². The van der Waals surface area contributed by atoms with Crippen molar-refractivity contribution >= 4 is 45.1 Å². The van der Waals surface area contributed by atoms with Gasteiger partial charge in [0.05, 0.1) is 15.9 Å². The van der Waals surface area contributed by atoms with E-state index in [9.17, 15) is 0 Å². The second-order valence-electron chi connectivity index (χ2n) is 5.35. The van der Waals surface area contributed by atoms with Gasteiger partial charge in [-0.2, -0.15) is 0 Å². The fourth-order valence-electron chi connectivity index (χ4n) is 2.42. The molecule has 4 rings (SSSR count). The Balaban J connectivity index is 1.58. The number of para-hydroxylation sites is 1. The monoisotopic (exact) mass is 348 g/mol. The molecule has 0 fully saturated rings. The van der Waals surface area contributed by atoms with Gasteiger partial charge in [-0.15, -0.1) is 11.3 Å². The van der Waals surface area contributed by atoms with Crippen LogP contribution >= 0.6 is 22.9 Å². The zero-order valence-electron chi connectivity index (χ0n) is 12.7. The number of halogens is 1. The van der Waals surface area contributed by atoms with Crippen LogP contribution in [-0.2, 0) is 0 Å². The molecule has 24 heavy (non-hydrogen) atoms. The second-order valence-corrected chi connectivity index (χ2v) is 6.81. The highest BCUT2D eigenvalue weighted by Crippen LogP contribution is 2.30. The lowest BCUT2D eigenvalue weighted by atomic mass is 10.2. The third kappa shape index (κ3) is 3.23. The molecule has 0 aliphatic carbocycles. The average molecular weight is 349 g/mol. The highest BCUT2D eigenvalue weighted by molar-refractivity contribution is 7.21. The highest BCUT2D eigenvalue weighted by atomic mass is 35.5. The number of hydrogen-bond donors (Lipinski definition) is 0. The average Bonchev–Trinajstić information content (AvgIpc) is 3.05. The van der Waals surface area contributed by atoms with E-state index in [-0.39, 0.29) is 0 Å². The molecule has 0 aliphatic rings. The van der Waals surface area contributed by atoms with Gasteiger partial charge >= 0.3 is 0 Å². The van der Waals surface area contributed by atoms with Gasteiger partial charge in [-0.3, -0.25) is 4.99 Å². The highest BCUT2D eigenvalue weighted by Gasteiger charge is 2.05. The molecule has 1 aromatic heterocycles. The summed E-state index contributed by atoms with van der Waals surface area (Å²) in [4.78, 5) is 9.18. The van der Waals surface area contributed by atoms with E-state index in [2.05, 4.69) is 28.2 Å². The first-order chi connectivity index (χ1) is 11.8. The molecule has 4 heteroatoms.